The Bertz CT molecular complexity index is 1380. The van der Waals surface area contributed by atoms with E-state index in [0.717, 1.165) is 16.9 Å². The Labute approximate surface area is 197 Å². The third kappa shape index (κ3) is 4.07. The summed E-state index contributed by atoms with van der Waals surface area (Å²) in [5.41, 5.74) is 10.2. The Morgan fingerprint density at radius 2 is 2.09 bits per heavy atom. The fourth-order valence-electron chi connectivity index (χ4n) is 3.88. The van der Waals surface area contributed by atoms with E-state index in [-0.39, 0.29) is 11.9 Å². The number of nitrogen functional groups attached to an aromatic ring is 1. The number of aromatic nitrogens is 6. The second-order valence-electron chi connectivity index (χ2n) is 8.70. The van der Waals surface area contributed by atoms with Gasteiger partial charge in [0.2, 0.25) is 0 Å². The first kappa shape index (κ1) is 21.6. The van der Waals surface area contributed by atoms with Crippen LogP contribution in [0.4, 0.5) is 11.5 Å². The van der Waals surface area contributed by atoms with Crippen LogP contribution in [0.2, 0.25) is 0 Å². The van der Waals surface area contributed by atoms with Gasteiger partial charge in [0, 0.05) is 29.4 Å². The van der Waals surface area contributed by atoms with Gasteiger partial charge in [-0.1, -0.05) is 18.7 Å². The molecule has 1 amide bonds. The van der Waals surface area contributed by atoms with Crippen LogP contribution in [0, 0.1) is 0 Å². The van der Waals surface area contributed by atoms with E-state index in [9.17, 15) is 4.79 Å². The number of nitrogens with zero attached hydrogens (tertiary/aromatic N) is 6. The summed E-state index contributed by atoms with van der Waals surface area (Å²) < 4.78 is 3.84. The summed E-state index contributed by atoms with van der Waals surface area (Å²) in [7, 11) is 0. The molecule has 0 atom stereocenters. The molecule has 4 aromatic rings. The smallest absolute Gasteiger partial charge is 0.258 e. The highest BCUT2D eigenvalue weighted by atomic mass is 16.1. The molecule has 0 spiro atoms. The van der Waals surface area contributed by atoms with Crippen LogP contribution in [0.15, 0.2) is 55.8 Å². The molecule has 0 saturated heterocycles. The molecule has 3 N–H and O–H groups in total. The van der Waals surface area contributed by atoms with Crippen LogP contribution in [-0.2, 0) is 0 Å². The lowest BCUT2D eigenvalue weighted by Gasteiger charge is -2.14. The van der Waals surface area contributed by atoms with Gasteiger partial charge in [0.15, 0.2) is 5.82 Å². The maximum Gasteiger partial charge on any atom is 0.258 e. The summed E-state index contributed by atoms with van der Waals surface area (Å²) in [6.07, 6.45) is 9.50. The van der Waals surface area contributed by atoms with Gasteiger partial charge in [0.25, 0.3) is 5.91 Å². The average Bonchev–Trinajstić information content (AvgIpc) is 3.34. The van der Waals surface area contributed by atoms with Crippen molar-refractivity contribution in [3.8, 4) is 17.2 Å². The molecule has 3 aromatic heterocycles. The van der Waals surface area contributed by atoms with Crippen molar-refractivity contribution in [3.63, 3.8) is 0 Å². The normalized spacial score (nSPS) is 13.3. The molecule has 0 bridgehead atoms. The van der Waals surface area contributed by atoms with E-state index in [4.69, 9.17) is 5.73 Å². The number of hydrogen-bond acceptors (Lipinski definition) is 6. The molecule has 0 radical (unpaired) electrons. The number of benzene rings is 1. The van der Waals surface area contributed by atoms with E-state index in [0.29, 0.717) is 34.5 Å². The summed E-state index contributed by atoms with van der Waals surface area (Å²) >= 11 is 0. The lowest BCUT2D eigenvalue weighted by Crippen LogP contribution is -2.16. The quantitative estimate of drug-likeness (QED) is 0.398. The van der Waals surface area contributed by atoms with Crippen LogP contribution in [-0.4, -0.2) is 35.2 Å². The molecule has 172 valence electrons. The van der Waals surface area contributed by atoms with Crippen molar-refractivity contribution in [2.75, 3.05) is 11.1 Å². The first-order valence-corrected chi connectivity index (χ1v) is 11.2. The van der Waals surface area contributed by atoms with Gasteiger partial charge in [-0.3, -0.25) is 4.79 Å². The largest absolute Gasteiger partial charge is 0.398 e. The molecule has 9 nitrogen and oxygen atoms in total. The topological polar surface area (TPSA) is 117 Å². The first-order valence-electron chi connectivity index (χ1n) is 11.2. The number of amides is 1. The molecule has 34 heavy (non-hydrogen) atoms. The van der Waals surface area contributed by atoms with Crippen molar-refractivity contribution in [3.05, 3.63) is 72.6 Å². The molecule has 9 heteroatoms. The van der Waals surface area contributed by atoms with Gasteiger partial charge < -0.3 is 20.2 Å². The molecule has 0 aliphatic heterocycles. The predicted octanol–water partition coefficient (Wildman–Crippen LogP) is 4.46. The molecule has 1 fully saturated rings. The first-order chi connectivity index (χ1) is 16.4. The zero-order valence-electron chi connectivity index (χ0n) is 19.1. The summed E-state index contributed by atoms with van der Waals surface area (Å²) in [5.74, 6) is 1.21. The molecule has 1 saturated carbocycles. The van der Waals surface area contributed by atoms with Crippen LogP contribution in [0.1, 0.15) is 60.3 Å². The SMILES string of the molecule is C=Cc1cc(N)c(C(=O)Nc2cccc(-c3nncn3C(C)C)n2)cc1-n1cnc(C2CC2)c1. The van der Waals surface area contributed by atoms with Crippen molar-refractivity contribution in [1.29, 1.82) is 0 Å². The van der Waals surface area contributed by atoms with Gasteiger partial charge in [-0.15, -0.1) is 10.2 Å². The minimum Gasteiger partial charge on any atom is -0.398 e. The fraction of sp³-hybridized carbons (Fsp3) is 0.240. The van der Waals surface area contributed by atoms with Crippen molar-refractivity contribution in [2.24, 2.45) is 0 Å². The highest BCUT2D eigenvalue weighted by Gasteiger charge is 2.26. The van der Waals surface area contributed by atoms with E-state index in [1.54, 1.807) is 36.9 Å². The lowest BCUT2D eigenvalue weighted by atomic mass is 10.1. The maximum absolute atomic E-state index is 13.2. The molecule has 1 aliphatic rings. The van der Waals surface area contributed by atoms with Gasteiger partial charge in [0.1, 0.15) is 17.8 Å². The van der Waals surface area contributed by atoms with E-state index in [1.807, 2.05) is 41.3 Å². The number of rotatable bonds is 7. The molecular formula is C25H26N8O. The minimum absolute atomic E-state index is 0.176. The number of hydrogen-bond donors (Lipinski definition) is 2. The highest BCUT2D eigenvalue weighted by Crippen LogP contribution is 2.39. The monoisotopic (exact) mass is 454 g/mol. The maximum atomic E-state index is 13.2. The standard InChI is InChI=1S/C25H26N8O/c1-4-16-10-19(26)18(11-22(16)32-12-21(27-13-32)17-8-9-17)25(34)30-23-7-5-6-20(29-23)24-31-28-14-33(24)15(2)3/h4-7,10-15,17H,1,8-9,26H2,2-3H3,(H,29,30,34). The summed E-state index contributed by atoms with van der Waals surface area (Å²) in [6.45, 7) is 7.98. The van der Waals surface area contributed by atoms with E-state index in [1.165, 1.54) is 12.8 Å². The van der Waals surface area contributed by atoms with Crippen molar-refractivity contribution < 1.29 is 4.79 Å². The third-order valence-corrected chi connectivity index (χ3v) is 5.89. The molecule has 1 aromatic carbocycles. The predicted molar refractivity (Wildman–Crippen MR) is 132 cm³/mol. The number of nitrogens with one attached hydrogen (secondary N) is 1. The number of anilines is 2. The average molecular weight is 455 g/mol. The van der Waals surface area contributed by atoms with E-state index in [2.05, 4.69) is 32.1 Å². The molecular weight excluding hydrogens is 428 g/mol. The lowest BCUT2D eigenvalue weighted by molar-refractivity contribution is 0.102. The zero-order valence-corrected chi connectivity index (χ0v) is 19.1. The Morgan fingerprint density at radius 3 is 2.82 bits per heavy atom. The number of nitrogens with two attached hydrogens (primary N) is 1. The Hall–Kier alpha value is -4.27. The van der Waals surface area contributed by atoms with Crippen LogP contribution in [0.25, 0.3) is 23.3 Å². The van der Waals surface area contributed by atoms with Crippen LogP contribution < -0.4 is 11.1 Å². The Kier molecular flexibility index (Phi) is 5.45. The summed E-state index contributed by atoms with van der Waals surface area (Å²) in [4.78, 5) is 22.3. The Morgan fingerprint density at radius 1 is 1.26 bits per heavy atom. The molecule has 5 rings (SSSR count). The van der Waals surface area contributed by atoms with Crippen LogP contribution in [0.5, 0.6) is 0 Å². The van der Waals surface area contributed by atoms with Crippen LogP contribution in [0.3, 0.4) is 0 Å². The molecule has 3 heterocycles. The number of carbonyl (C=O) groups is 1. The van der Waals surface area contributed by atoms with Crippen molar-refractivity contribution >= 4 is 23.5 Å². The van der Waals surface area contributed by atoms with Gasteiger partial charge in [-0.05, 0) is 51.0 Å². The van der Waals surface area contributed by atoms with Crippen molar-refractivity contribution in [1.82, 2.24) is 29.3 Å². The fourth-order valence-corrected chi connectivity index (χ4v) is 3.88. The van der Waals surface area contributed by atoms with E-state index < -0.39 is 0 Å². The van der Waals surface area contributed by atoms with Gasteiger partial charge in [-0.25, -0.2) is 9.97 Å². The molecule has 0 unspecified atom stereocenters. The number of pyridine rings is 1. The number of carbonyl (C=O) groups excluding carboxylic acids is 1. The minimum atomic E-state index is -0.355. The zero-order chi connectivity index (χ0) is 23.8. The Balaban J connectivity index is 1.45. The summed E-state index contributed by atoms with van der Waals surface area (Å²) in [5, 5.41) is 11.0. The number of imidazole rings is 1. The second kappa shape index (κ2) is 8.58. The van der Waals surface area contributed by atoms with Gasteiger partial charge >= 0.3 is 0 Å². The van der Waals surface area contributed by atoms with E-state index >= 15 is 0 Å². The third-order valence-electron chi connectivity index (χ3n) is 5.89. The summed E-state index contributed by atoms with van der Waals surface area (Å²) in [6, 6.07) is 9.07. The van der Waals surface area contributed by atoms with Crippen molar-refractivity contribution in [2.45, 2.75) is 38.6 Å². The highest BCUT2D eigenvalue weighted by molar-refractivity contribution is 6.08. The van der Waals surface area contributed by atoms with Gasteiger partial charge in [-0.2, -0.15) is 0 Å². The molecule has 1 aliphatic carbocycles. The van der Waals surface area contributed by atoms with Crippen LogP contribution >= 0.6 is 0 Å². The second-order valence-corrected chi connectivity index (χ2v) is 8.70. The van der Waals surface area contributed by atoms with Gasteiger partial charge in [0.05, 0.1) is 23.3 Å².